The second-order valence-corrected chi connectivity index (χ2v) is 5.72. The van der Waals surface area contributed by atoms with Gasteiger partial charge in [0.2, 0.25) is 0 Å². The maximum atomic E-state index is 12.2. The predicted octanol–water partition coefficient (Wildman–Crippen LogP) is 2.54. The van der Waals surface area contributed by atoms with E-state index >= 15 is 0 Å². The maximum absolute atomic E-state index is 12.2. The van der Waals surface area contributed by atoms with Crippen molar-refractivity contribution in [2.45, 2.75) is 6.42 Å². The predicted molar refractivity (Wildman–Crippen MR) is 89.5 cm³/mol. The summed E-state index contributed by atoms with van der Waals surface area (Å²) in [7, 11) is 0. The van der Waals surface area contributed by atoms with Crippen molar-refractivity contribution in [3.63, 3.8) is 0 Å². The molecule has 2 N–H and O–H groups in total. The van der Waals surface area contributed by atoms with Gasteiger partial charge in [-0.25, -0.2) is 4.98 Å². The number of pyridine rings is 1. The van der Waals surface area contributed by atoms with Crippen LogP contribution in [-0.4, -0.2) is 31.2 Å². The molecule has 0 aliphatic rings. The Morgan fingerprint density at radius 3 is 3.13 bits per heavy atom. The monoisotopic (exact) mass is 323 g/mol. The number of carbonyl (C=O) groups is 1. The Kier molecular flexibility index (Phi) is 3.47. The van der Waals surface area contributed by atoms with Crippen molar-refractivity contribution in [1.82, 2.24) is 24.0 Å². The van der Waals surface area contributed by atoms with Crippen LogP contribution < -0.4 is 5.32 Å². The number of carbonyl (C=O) groups excluding carboxylic acids is 1. The fourth-order valence-electron chi connectivity index (χ4n) is 2.56. The molecule has 4 rings (SSSR count). The summed E-state index contributed by atoms with van der Waals surface area (Å²) in [4.78, 5) is 19.6. The average molecular weight is 323 g/mol. The number of nitrogens with zero attached hydrogens (tertiary/aromatic N) is 3. The molecule has 0 radical (unpaired) electrons. The summed E-state index contributed by atoms with van der Waals surface area (Å²) in [5.74, 6) is -0.146. The van der Waals surface area contributed by atoms with E-state index in [1.807, 2.05) is 24.4 Å². The van der Waals surface area contributed by atoms with Crippen LogP contribution in [0.1, 0.15) is 15.9 Å². The molecule has 0 atom stereocenters. The number of para-hydroxylation sites is 1. The minimum Gasteiger partial charge on any atom is -0.361 e. The van der Waals surface area contributed by atoms with E-state index in [4.69, 9.17) is 0 Å². The van der Waals surface area contributed by atoms with Crippen LogP contribution in [0, 0.1) is 0 Å². The van der Waals surface area contributed by atoms with Gasteiger partial charge in [-0.05, 0) is 24.1 Å². The first-order valence-electron chi connectivity index (χ1n) is 7.23. The summed E-state index contributed by atoms with van der Waals surface area (Å²) in [6, 6.07) is 9.85. The lowest BCUT2D eigenvalue weighted by molar-refractivity contribution is 0.0954. The Labute approximate surface area is 135 Å². The van der Waals surface area contributed by atoms with Gasteiger partial charge in [0.1, 0.15) is 5.52 Å². The number of hydrogen-bond acceptors (Lipinski definition) is 5. The normalized spacial score (nSPS) is 11.1. The molecule has 0 saturated heterocycles. The van der Waals surface area contributed by atoms with Crippen LogP contribution in [0.15, 0.2) is 42.7 Å². The van der Waals surface area contributed by atoms with Crippen LogP contribution in [-0.2, 0) is 6.42 Å². The number of rotatable bonds is 4. The van der Waals surface area contributed by atoms with Gasteiger partial charge >= 0.3 is 0 Å². The Balaban J connectivity index is 1.43. The van der Waals surface area contributed by atoms with E-state index in [1.165, 1.54) is 17.1 Å². The number of fused-ring (bicyclic) bond motifs is 2. The molecule has 6 nitrogen and oxygen atoms in total. The lowest BCUT2D eigenvalue weighted by Gasteiger charge is -2.04. The van der Waals surface area contributed by atoms with Gasteiger partial charge in [0.25, 0.3) is 5.91 Å². The van der Waals surface area contributed by atoms with E-state index < -0.39 is 0 Å². The minimum atomic E-state index is -0.146. The average Bonchev–Trinajstić information content (AvgIpc) is 3.21. The van der Waals surface area contributed by atoms with Gasteiger partial charge in [0.05, 0.1) is 17.3 Å². The molecule has 0 saturated carbocycles. The smallest absolute Gasteiger partial charge is 0.252 e. The van der Waals surface area contributed by atoms with Crippen LogP contribution in [0.4, 0.5) is 0 Å². The highest BCUT2D eigenvalue weighted by Crippen LogP contribution is 2.17. The second kappa shape index (κ2) is 5.77. The van der Waals surface area contributed by atoms with Crippen molar-refractivity contribution >= 4 is 39.7 Å². The van der Waals surface area contributed by atoms with E-state index in [-0.39, 0.29) is 5.91 Å². The summed E-state index contributed by atoms with van der Waals surface area (Å²) in [6.45, 7) is 0.564. The van der Waals surface area contributed by atoms with E-state index in [1.54, 1.807) is 6.07 Å². The Hall–Kier alpha value is -2.80. The van der Waals surface area contributed by atoms with Crippen molar-refractivity contribution < 1.29 is 4.79 Å². The lowest BCUT2D eigenvalue weighted by Crippen LogP contribution is -2.25. The third-order valence-electron chi connectivity index (χ3n) is 3.73. The van der Waals surface area contributed by atoms with Crippen LogP contribution in [0.2, 0.25) is 0 Å². The fraction of sp³-hybridized carbons (Fsp3) is 0.125. The Bertz CT molecular complexity index is 990. The highest BCUT2D eigenvalue weighted by atomic mass is 32.1. The van der Waals surface area contributed by atoms with Crippen LogP contribution in [0.25, 0.3) is 22.1 Å². The van der Waals surface area contributed by atoms with Crippen LogP contribution >= 0.6 is 11.7 Å². The molecule has 1 aromatic carbocycles. The number of nitrogens with one attached hydrogen (secondary N) is 2. The van der Waals surface area contributed by atoms with Crippen molar-refractivity contribution in [2.75, 3.05) is 6.54 Å². The molecule has 4 aromatic rings. The minimum absolute atomic E-state index is 0.146. The molecule has 3 aromatic heterocycles. The maximum Gasteiger partial charge on any atom is 0.252 e. The Morgan fingerprint density at radius 2 is 2.17 bits per heavy atom. The molecule has 0 aliphatic carbocycles. The number of amides is 1. The van der Waals surface area contributed by atoms with Gasteiger partial charge in [0.15, 0.2) is 5.65 Å². The first-order valence-corrected chi connectivity index (χ1v) is 7.96. The number of aromatic nitrogens is 4. The molecule has 0 fully saturated rings. The number of H-pyrrole nitrogens is 1. The molecule has 0 spiro atoms. The zero-order chi connectivity index (χ0) is 15.6. The summed E-state index contributed by atoms with van der Waals surface area (Å²) >= 11 is 1.09. The zero-order valence-electron chi connectivity index (χ0n) is 12.1. The highest BCUT2D eigenvalue weighted by molar-refractivity contribution is 7.00. The van der Waals surface area contributed by atoms with Crippen molar-refractivity contribution in [2.24, 2.45) is 0 Å². The molecule has 0 unspecified atom stereocenters. The molecule has 0 aliphatic heterocycles. The standard InChI is InChI=1S/C16H13N5OS/c22-16(11-7-14-15(19-9-11)21-23-20-14)17-6-5-10-8-18-13-4-2-1-3-12(10)13/h1-4,7-9,18H,5-6H2,(H,17,22). The third kappa shape index (κ3) is 2.66. The fourth-order valence-corrected chi connectivity index (χ4v) is 3.04. The van der Waals surface area contributed by atoms with E-state index in [2.05, 4.69) is 30.1 Å². The number of benzene rings is 1. The van der Waals surface area contributed by atoms with Crippen molar-refractivity contribution in [3.05, 3.63) is 53.9 Å². The van der Waals surface area contributed by atoms with E-state index in [0.29, 0.717) is 23.3 Å². The molecule has 7 heteroatoms. The summed E-state index contributed by atoms with van der Waals surface area (Å²) in [5, 5.41) is 4.11. The zero-order valence-corrected chi connectivity index (χ0v) is 12.9. The first kappa shape index (κ1) is 13.8. The van der Waals surface area contributed by atoms with Gasteiger partial charge in [-0.2, -0.15) is 8.75 Å². The Morgan fingerprint density at radius 1 is 1.26 bits per heavy atom. The number of aromatic amines is 1. The van der Waals surface area contributed by atoms with Gasteiger partial charge in [-0.3, -0.25) is 4.79 Å². The van der Waals surface area contributed by atoms with E-state index in [0.717, 1.165) is 23.7 Å². The summed E-state index contributed by atoms with van der Waals surface area (Å²) in [5.41, 5.74) is 4.03. The lowest BCUT2D eigenvalue weighted by atomic mass is 10.1. The summed E-state index contributed by atoms with van der Waals surface area (Å²) in [6.07, 6.45) is 4.29. The molecule has 1 amide bonds. The van der Waals surface area contributed by atoms with Gasteiger partial charge in [0, 0.05) is 29.8 Å². The van der Waals surface area contributed by atoms with Crippen molar-refractivity contribution in [3.8, 4) is 0 Å². The summed E-state index contributed by atoms with van der Waals surface area (Å²) < 4.78 is 8.13. The number of hydrogen-bond donors (Lipinski definition) is 2. The van der Waals surface area contributed by atoms with E-state index in [9.17, 15) is 4.79 Å². The quantitative estimate of drug-likeness (QED) is 0.604. The molecule has 23 heavy (non-hydrogen) atoms. The van der Waals surface area contributed by atoms with Gasteiger partial charge in [-0.15, -0.1) is 0 Å². The van der Waals surface area contributed by atoms with Crippen LogP contribution in [0.3, 0.4) is 0 Å². The van der Waals surface area contributed by atoms with Crippen molar-refractivity contribution in [1.29, 1.82) is 0 Å². The molecular weight excluding hydrogens is 310 g/mol. The van der Waals surface area contributed by atoms with Crippen LogP contribution in [0.5, 0.6) is 0 Å². The van der Waals surface area contributed by atoms with Gasteiger partial charge in [-0.1, -0.05) is 18.2 Å². The topological polar surface area (TPSA) is 83.6 Å². The molecular formula is C16H13N5OS. The molecule has 3 heterocycles. The third-order valence-corrected chi connectivity index (χ3v) is 4.26. The largest absolute Gasteiger partial charge is 0.361 e. The molecule has 114 valence electrons. The second-order valence-electron chi connectivity index (χ2n) is 5.20. The molecule has 0 bridgehead atoms. The SMILES string of the molecule is O=C(NCCc1c[nH]c2ccccc12)c1cnc2nsnc2c1. The highest BCUT2D eigenvalue weighted by Gasteiger charge is 2.09. The van der Waals surface area contributed by atoms with Gasteiger partial charge < -0.3 is 10.3 Å². The first-order chi connectivity index (χ1) is 11.3.